The Bertz CT molecular complexity index is 503. The largest absolute Gasteiger partial charge is 0.497 e. The molecule has 88 valence electrons. The molecule has 1 heterocycles. The van der Waals surface area contributed by atoms with Crippen LogP contribution < -0.4 is 15.2 Å². The lowest BCUT2D eigenvalue weighted by Gasteiger charge is -2.07. The Morgan fingerprint density at radius 2 is 2.06 bits per heavy atom. The van der Waals surface area contributed by atoms with Crippen LogP contribution in [0.15, 0.2) is 36.7 Å². The topological polar surface area (TPSA) is 70.3 Å². The number of methoxy groups -OCH3 is 1. The minimum Gasteiger partial charge on any atom is -0.497 e. The van der Waals surface area contributed by atoms with Crippen molar-refractivity contribution in [1.29, 1.82) is 0 Å². The Kier molecular flexibility index (Phi) is 3.40. The maximum absolute atomic E-state index is 5.62. The molecule has 0 bridgehead atoms. The predicted molar refractivity (Wildman–Crippen MR) is 63.8 cm³/mol. The van der Waals surface area contributed by atoms with Gasteiger partial charge in [0.1, 0.15) is 12.4 Å². The maximum atomic E-state index is 5.62. The summed E-state index contributed by atoms with van der Waals surface area (Å²) >= 11 is 0. The van der Waals surface area contributed by atoms with E-state index in [2.05, 4.69) is 9.97 Å². The van der Waals surface area contributed by atoms with Gasteiger partial charge in [-0.1, -0.05) is 12.1 Å². The zero-order chi connectivity index (χ0) is 12.1. The molecule has 0 unspecified atom stereocenters. The summed E-state index contributed by atoms with van der Waals surface area (Å²) in [6, 6.07) is 7.61. The van der Waals surface area contributed by atoms with Crippen molar-refractivity contribution in [1.82, 2.24) is 9.97 Å². The Balaban J connectivity index is 2.05. The van der Waals surface area contributed by atoms with Crippen molar-refractivity contribution in [2.45, 2.75) is 6.61 Å². The van der Waals surface area contributed by atoms with Gasteiger partial charge in [0.2, 0.25) is 0 Å². The van der Waals surface area contributed by atoms with Crippen LogP contribution in [0.3, 0.4) is 0 Å². The van der Waals surface area contributed by atoms with Crippen molar-refractivity contribution in [2.75, 3.05) is 12.8 Å². The highest BCUT2D eigenvalue weighted by Gasteiger charge is 2.03. The second-order valence-corrected chi connectivity index (χ2v) is 3.39. The van der Waals surface area contributed by atoms with Crippen molar-refractivity contribution < 1.29 is 9.47 Å². The summed E-state index contributed by atoms with van der Waals surface area (Å²) < 4.78 is 10.6. The van der Waals surface area contributed by atoms with E-state index in [0.29, 0.717) is 12.5 Å². The summed E-state index contributed by atoms with van der Waals surface area (Å²) in [7, 11) is 1.63. The highest BCUT2D eigenvalue weighted by Crippen LogP contribution is 2.17. The predicted octanol–water partition coefficient (Wildman–Crippen LogP) is 1.65. The van der Waals surface area contributed by atoms with E-state index in [1.807, 2.05) is 24.3 Å². The summed E-state index contributed by atoms with van der Waals surface area (Å²) in [5, 5.41) is 0. The highest BCUT2D eigenvalue weighted by atomic mass is 16.5. The van der Waals surface area contributed by atoms with Crippen LogP contribution in [-0.2, 0) is 6.61 Å². The number of aromatic nitrogens is 2. The normalized spacial score (nSPS) is 9.94. The lowest BCUT2D eigenvalue weighted by Crippen LogP contribution is -2.02. The molecule has 0 atom stereocenters. The van der Waals surface area contributed by atoms with Crippen LogP contribution in [-0.4, -0.2) is 17.1 Å². The molecular weight excluding hydrogens is 218 g/mol. The van der Waals surface area contributed by atoms with Crippen molar-refractivity contribution in [2.24, 2.45) is 0 Å². The van der Waals surface area contributed by atoms with Crippen LogP contribution in [0.5, 0.6) is 11.6 Å². The monoisotopic (exact) mass is 231 g/mol. The van der Waals surface area contributed by atoms with Gasteiger partial charge in [-0.25, -0.2) is 9.97 Å². The number of benzene rings is 1. The van der Waals surface area contributed by atoms with Gasteiger partial charge >= 0.3 is 0 Å². The van der Waals surface area contributed by atoms with Crippen molar-refractivity contribution in [3.63, 3.8) is 0 Å². The molecule has 0 aliphatic rings. The first kappa shape index (κ1) is 11.2. The molecule has 2 N–H and O–H groups in total. The Morgan fingerprint density at radius 3 is 2.82 bits per heavy atom. The van der Waals surface area contributed by atoms with Gasteiger partial charge in [-0.2, -0.15) is 0 Å². The van der Waals surface area contributed by atoms with E-state index in [0.717, 1.165) is 11.3 Å². The molecule has 0 fully saturated rings. The SMILES string of the molecule is COc1cccc(COc2nccnc2N)c1. The average Bonchev–Trinajstić information content (AvgIpc) is 2.38. The van der Waals surface area contributed by atoms with Crippen molar-refractivity contribution in [3.05, 3.63) is 42.2 Å². The van der Waals surface area contributed by atoms with E-state index in [-0.39, 0.29) is 5.82 Å². The fraction of sp³-hybridized carbons (Fsp3) is 0.167. The van der Waals surface area contributed by atoms with Gasteiger partial charge in [0.25, 0.3) is 5.88 Å². The summed E-state index contributed by atoms with van der Waals surface area (Å²) in [4.78, 5) is 7.89. The van der Waals surface area contributed by atoms with Gasteiger partial charge in [0, 0.05) is 12.4 Å². The summed E-state index contributed by atoms with van der Waals surface area (Å²) in [5.41, 5.74) is 6.60. The molecule has 0 amide bonds. The van der Waals surface area contributed by atoms with Gasteiger partial charge in [-0.15, -0.1) is 0 Å². The summed E-state index contributed by atoms with van der Waals surface area (Å²) in [5.74, 6) is 1.42. The molecule has 5 heteroatoms. The van der Waals surface area contributed by atoms with E-state index >= 15 is 0 Å². The lowest BCUT2D eigenvalue weighted by molar-refractivity contribution is 0.294. The third-order valence-corrected chi connectivity index (χ3v) is 2.20. The molecule has 5 nitrogen and oxygen atoms in total. The van der Waals surface area contributed by atoms with Crippen LogP contribution in [0, 0.1) is 0 Å². The highest BCUT2D eigenvalue weighted by molar-refractivity contribution is 5.39. The smallest absolute Gasteiger partial charge is 0.257 e. The Hall–Kier alpha value is -2.30. The summed E-state index contributed by atoms with van der Waals surface area (Å²) in [6.07, 6.45) is 3.06. The van der Waals surface area contributed by atoms with Gasteiger partial charge < -0.3 is 15.2 Å². The van der Waals surface area contributed by atoms with E-state index in [9.17, 15) is 0 Å². The molecule has 0 saturated carbocycles. The zero-order valence-corrected chi connectivity index (χ0v) is 9.46. The first-order chi connectivity index (χ1) is 8.29. The van der Waals surface area contributed by atoms with Crippen LogP contribution >= 0.6 is 0 Å². The molecule has 0 radical (unpaired) electrons. The van der Waals surface area contributed by atoms with E-state index in [1.54, 1.807) is 7.11 Å². The number of nitrogen functional groups attached to an aromatic ring is 1. The number of rotatable bonds is 4. The zero-order valence-electron chi connectivity index (χ0n) is 9.46. The second kappa shape index (κ2) is 5.16. The number of hydrogen-bond acceptors (Lipinski definition) is 5. The minimum atomic E-state index is 0.287. The number of anilines is 1. The second-order valence-electron chi connectivity index (χ2n) is 3.39. The number of nitrogens with two attached hydrogens (primary N) is 1. The van der Waals surface area contributed by atoms with E-state index < -0.39 is 0 Å². The van der Waals surface area contributed by atoms with Gasteiger partial charge in [0.15, 0.2) is 5.82 Å². The maximum Gasteiger partial charge on any atom is 0.257 e. The Labute approximate surface area is 99.2 Å². The van der Waals surface area contributed by atoms with Gasteiger partial charge in [-0.05, 0) is 17.7 Å². The van der Waals surface area contributed by atoms with Gasteiger partial charge in [0.05, 0.1) is 7.11 Å². The molecular formula is C12H13N3O2. The van der Waals surface area contributed by atoms with Crippen LogP contribution in [0.1, 0.15) is 5.56 Å². The van der Waals surface area contributed by atoms with Crippen LogP contribution in [0.4, 0.5) is 5.82 Å². The number of hydrogen-bond donors (Lipinski definition) is 1. The average molecular weight is 231 g/mol. The number of nitrogens with zero attached hydrogens (tertiary/aromatic N) is 2. The summed E-state index contributed by atoms with van der Waals surface area (Å²) in [6.45, 7) is 0.375. The minimum absolute atomic E-state index is 0.287. The Morgan fingerprint density at radius 1 is 1.24 bits per heavy atom. The fourth-order valence-corrected chi connectivity index (χ4v) is 1.36. The number of ether oxygens (including phenoxy) is 2. The first-order valence-electron chi connectivity index (χ1n) is 5.12. The van der Waals surface area contributed by atoms with Crippen LogP contribution in [0.25, 0.3) is 0 Å². The molecule has 0 saturated heterocycles. The fourth-order valence-electron chi connectivity index (χ4n) is 1.36. The van der Waals surface area contributed by atoms with Gasteiger partial charge in [-0.3, -0.25) is 0 Å². The molecule has 17 heavy (non-hydrogen) atoms. The van der Waals surface area contributed by atoms with E-state index in [4.69, 9.17) is 15.2 Å². The molecule has 1 aromatic heterocycles. The van der Waals surface area contributed by atoms with Crippen LogP contribution in [0.2, 0.25) is 0 Å². The quantitative estimate of drug-likeness (QED) is 0.866. The third kappa shape index (κ3) is 2.84. The van der Waals surface area contributed by atoms with Crippen molar-refractivity contribution in [3.8, 4) is 11.6 Å². The molecule has 0 aliphatic heterocycles. The molecule has 0 aliphatic carbocycles. The van der Waals surface area contributed by atoms with E-state index in [1.165, 1.54) is 12.4 Å². The molecule has 2 rings (SSSR count). The molecule has 0 spiro atoms. The first-order valence-corrected chi connectivity index (χ1v) is 5.12. The molecule has 2 aromatic rings. The molecule has 1 aromatic carbocycles. The third-order valence-electron chi connectivity index (χ3n) is 2.20. The van der Waals surface area contributed by atoms with Crippen molar-refractivity contribution >= 4 is 5.82 Å². The standard InChI is InChI=1S/C12H13N3O2/c1-16-10-4-2-3-9(7-10)8-17-12-11(13)14-5-6-15-12/h2-7H,8H2,1H3,(H2,13,14). The lowest BCUT2D eigenvalue weighted by atomic mass is 10.2.